The largest absolute Gasteiger partial charge is 0.458 e. The topological polar surface area (TPSA) is 57.2 Å². The summed E-state index contributed by atoms with van der Waals surface area (Å²) in [6, 6.07) is 10.9. The first-order valence-electron chi connectivity index (χ1n) is 4.48. The van der Waals surface area contributed by atoms with Crippen molar-refractivity contribution in [1.29, 1.82) is 5.26 Å². The molecule has 0 saturated heterocycles. The summed E-state index contributed by atoms with van der Waals surface area (Å²) in [5, 5.41) is 19.2. The van der Waals surface area contributed by atoms with E-state index in [1.54, 1.807) is 18.2 Å². The molecular formula is C12H9NO2. The van der Waals surface area contributed by atoms with Crippen LogP contribution in [-0.2, 0) is 0 Å². The second-order valence-corrected chi connectivity index (χ2v) is 3.23. The average Bonchev–Trinajstić information content (AvgIpc) is 2.70. The van der Waals surface area contributed by atoms with Crippen LogP contribution in [0.2, 0.25) is 0 Å². The third-order valence-electron chi connectivity index (χ3n) is 2.19. The molecule has 0 radical (unpaired) electrons. The highest BCUT2D eigenvalue weighted by Crippen LogP contribution is 2.26. The van der Waals surface area contributed by atoms with Crippen LogP contribution in [0.5, 0.6) is 0 Å². The number of fused-ring (bicyclic) bond motifs is 1. The van der Waals surface area contributed by atoms with E-state index in [9.17, 15) is 5.11 Å². The van der Waals surface area contributed by atoms with E-state index in [4.69, 9.17) is 9.68 Å². The van der Waals surface area contributed by atoms with E-state index in [-0.39, 0.29) is 5.57 Å². The van der Waals surface area contributed by atoms with Crippen molar-refractivity contribution >= 4 is 11.0 Å². The lowest BCUT2D eigenvalue weighted by Crippen LogP contribution is -1.96. The van der Waals surface area contributed by atoms with Crippen molar-refractivity contribution < 1.29 is 9.52 Å². The Morgan fingerprint density at radius 3 is 2.87 bits per heavy atom. The maximum Gasteiger partial charge on any atom is 0.146 e. The van der Waals surface area contributed by atoms with Crippen LogP contribution in [-0.4, -0.2) is 5.11 Å². The number of hydrogen-bond donors (Lipinski definition) is 1. The van der Waals surface area contributed by atoms with Crippen LogP contribution in [0.25, 0.3) is 11.0 Å². The molecule has 1 atom stereocenters. The van der Waals surface area contributed by atoms with Crippen molar-refractivity contribution in [1.82, 2.24) is 0 Å². The van der Waals surface area contributed by atoms with Gasteiger partial charge in [-0.05, 0) is 12.1 Å². The number of benzene rings is 1. The summed E-state index contributed by atoms with van der Waals surface area (Å²) in [4.78, 5) is 0. The van der Waals surface area contributed by atoms with Gasteiger partial charge in [-0.15, -0.1) is 0 Å². The van der Waals surface area contributed by atoms with Crippen LogP contribution in [0.4, 0.5) is 0 Å². The molecule has 0 spiro atoms. The second kappa shape index (κ2) is 3.60. The molecule has 0 amide bonds. The molecule has 1 aromatic heterocycles. The van der Waals surface area contributed by atoms with Gasteiger partial charge >= 0.3 is 0 Å². The van der Waals surface area contributed by atoms with Crippen LogP contribution in [0.3, 0.4) is 0 Å². The zero-order chi connectivity index (χ0) is 10.8. The quantitative estimate of drug-likeness (QED) is 0.756. The van der Waals surface area contributed by atoms with Crippen molar-refractivity contribution in [2.24, 2.45) is 0 Å². The maximum absolute atomic E-state index is 9.67. The standard InChI is InChI=1S/C12H9NO2/c1-8(7-13)12(14)11-6-9-4-2-3-5-10(9)15-11/h2-6,12,14H,1H2. The molecule has 1 heterocycles. The molecule has 1 N–H and O–H groups in total. The van der Waals surface area contributed by atoms with Gasteiger partial charge in [0.2, 0.25) is 0 Å². The van der Waals surface area contributed by atoms with Crippen LogP contribution in [0.15, 0.2) is 46.9 Å². The predicted molar refractivity (Wildman–Crippen MR) is 55.9 cm³/mol. The normalized spacial score (nSPS) is 12.3. The lowest BCUT2D eigenvalue weighted by Gasteiger charge is -2.02. The monoisotopic (exact) mass is 199 g/mol. The third-order valence-corrected chi connectivity index (χ3v) is 2.19. The number of hydrogen-bond acceptors (Lipinski definition) is 3. The average molecular weight is 199 g/mol. The Balaban J connectivity index is 2.46. The molecule has 3 heteroatoms. The lowest BCUT2D eigenvalue weighted by molar-refractivity contribution is 0.193. The van der Waals surface area contributed by atoms with Crippen LogP contribution >= 0.6 is 0 Å². The fraction of sp³-hybridized carbons (Fsp3) is 0.0833. The Kier molecular flexibility index (Phi) is 2.28. The number of nitriles is 1. The highest BCUT2D eigenvalue weighted by Gasteiger charge is 2.15. The SMILES string of the molecule is C=C(C#N)C(O)c1cc2ccccc2o1. The van der Waals surface area contributed by atoms with Crippen LogP contribution < -0.4 is 0 Å². The molecule has 0 aliphatic carbocycles. The molecule has 74 valence electrons. The summed E-state index contributed by atoms with van der Waals surface area (Å²) >= 11 is 0. The van der Waals surface area contributed by atoms with Crippen LogP contribution in [0.1, 0.15) is 11.9 Å². The molecule has 3 nitrogen and oxygen atoms in total. The van der Waals surface area contributed by atoms with Gasteiger partial charge in [-0.25, -0.2) is 0 Å². The fourth-order valence-corrected chi connectivity index (χ4v) is 1.37. The van der Waals surface area contributed by atoms with E-state index in [2.05, 4.69) is 6.58 Å². The number of furan rings is 1. The molecule has 2 rings (SSSR count). The first kappa shape index (κ1) is 9.50. The number of nitrogens with zero attached hydrogens (tertiary/aromatic N) is 1. The summed E-state index contributed by atoms with van der Waals surface area (Å²) in [6.45, 7) is 3.45. The predicted octanol–water partition coefficient (Wildman–Crippen LogP) is 2.55. The highest BCUT2D eigenvalue weighted by molar-refractivity contribution is 5.77. The first-order valence-corrected chi connectivity index (χ1v) is 4.48. The van der Waals surface area contributed by atoms with Crippen molar-refractivity contribution in [2.45, 2.75) is 6.10 Å². The van der Waals surface area contributed by atoms with Gasteiger partial charge < -0.3 is 9.52 Å². The van der Waals surface area contributed by atoms with Gasteiger partial charge in [0.1, 0.15) is 17.4 Å². The molecule has 1 unspecified atom stereocenters. The Hall–Kier alpha value is -2.05. The van der Waals surface area contributed by atoms with Crippen molar-refractivity contribution in [3.8, 4) is 6.07 Å². The smallest absolute Gasteiger partial charge is 0.146 e. The molecule has 0 aliphatic rings. The van der Waals surface area contributed by atoms with Crippen molar-refractivity contribution in [2.75, 3.05) is 0 Å². The summed E-state index contributed by atoms with van der Waals surface area (Å²) in [5.74, 6) is 0.350. The summed E-state index contributed by atoms with van der Waals surface area (Å²) in [5.41, 5.74) is 0.770. The number of rotatable bonds is 2. The summed E-state index contributed by atoms with van der Waals surface area (Å²) < 4.78 is 5.39. The van der Waals surface area contributed by atoms with Crippen LogP contribution in [0, 0.1) is 11.3 Å². The minimum absolute atomic E-state index is 0.0778. The van der Waals surface area contributed by atoms with E-state index in [0.717, 1.165) is 5.39 Å². The molecule has 2 aromatic rings. The lowest BCUT2D eigenvalue weighted by atomic mass is 10.1. The Morgan fingerprint density at radius 2 is 2.20 bits per heavy atom. The Morgan fingerprint density at radius 1 is 1.47 bits per heavy atom. The summed E-state index contributed by atoms with van der Waals surface area (Å²) in [7, 11) is 0. The molecule has 0 aliphatic heterocycles. The number of aliphatic hydroxyl groups excluding tert-OH is 1. The minimum Gasteiger partial charge on any atom is -0.458 e. The second-order valence-electron chi connectivity index (χ2n) is 3.23. The number of para-hydroxylation sites is 1. The molecule has 0 saturated carbocycles. The van der Waals surface area contributed by atoms with Gasteiger partial charge in [-0.3, -0.25) is 0 Å². The zero-order valence-electron chi connectivity index (χ0n) is 7.97. The van der Waals surface area contributed by atoms with Gasteiger partial charge in [-0.1, -0.05) is 24.8 Å². The minimum atomic E-state index is -1.05. The van der Waals surface area contributed by atoms with E-state index in [0.29, 0.717) is 11.3 Å². The van der Waals surface area contributed by atoms with E-state index < -0.39 is 6.10 Å². The van der Waals surface area contributed by atoms with E-state index >= 15 is 0 Å². The third kappa shape index (κ3) is 1.63. The zero-order valence-corrected chi connectivity index (χ0v) is 7.97. The summed E-state index contributed by atoms with van der Waals surface area (Å²) in [6.07, 6.45) is -1.05. The maximum atomic E-state index is 9.67. The Bertz CT molecular complexity index is 515. The fourth-order valence-electron chi connectivity index (χ4n) is 1.37. The van der Waals surface area contributed by atoms with Gasteiger partial charge in [0.15, 0.2) is 0 Å². The molecule has 15 heavy (non-hydrogen) atoms. The van der Waals surface area contributed by atoms with Crippen molar-refractivity contribution in [3.05, 3.63) is 48.2 Å². The first-order chi connectivity index (χ1) is 7.22. The molecule has 0 bridgehead atoms. The molecule has 0 fully saturated rings. The van der Waals surface area contributed by atoms with Gasteiger partial charge in [0.05, 0.1) is 11.6 Å². The highest BCUT2D eigenvalue weighted by atomic mass is 16.4. The molecule has 1 aromatic carbocycles. The van der Waals surface area contributed by atoms with Gasteiger partial charge in [0, 0.05) is 5.39 Å². The van der Waals surface area contributed by atoms with Gasteiger partial charge in [0.25, 0.3) is 0 Å². The number of aliphatic hydroxyl groups is 1. The molecular weight excluding hydrogens is 190 g/mol. The van der Waals surface area contributed by atoms with Gasteiger partial charge in [-0.2, -0.15) is 5.26 Å². The van der Waals surface area contributed by atoms with E-state index in [1.165, 1.54) is 0 Å². The van der Waals surface area contributed by atoms with E-state index in [1.807, 2.05) is 18.2 Å². The van der Waals surface area contributed by atoms with Crippen molar-refractivity contribution in [3.63, 3.8) is 0 Å². The Labute approximate surface area is 86.9 Å².